The van der Waals surface area contributed by atoms with Crippen molar-refractivity contribution in [2.24, 2.45) is 5.73 Å². The Morgan fingerprint density at radius 1 is 1.37 bits per heavy atom. The SMILES string of the molecule is CN(Cc1cc(C#N)ccc1F)C1CCC(N)CC1. The van der Waals surface area contributed by atoms with Gasteiger partial charge in [-0.3, -0.25) is 4.90 Å². The first kappa shape index (κ1) is 14.0. The first-order chi connectivity index (χ1) is 9.10. The number of hydrogen-bond donors (Lipinski definition) is 1. The van der Waals surface area contributed by atoms with E-state index in [9.17, 15) is 4.39 Å². The molecule has 3 nitrogen and oxygen atoms in total. The highest BCUT2D eigenvalue weighted by Gasteiger charge is 2.22. The molecule has 102 valence electrons. The summed E-state index contributed by atoms with van der Waals surface area (Å²) in [5.74, 6) is -0.238. The van der Waals surface area contributed by atoms with Crippen LogP contribution in [0.2, 0.25) is 0 Å². The average molecular weight is 261 g/mol. The molecule has 0 radical (unpaired) electrons. The smallest absolute Gasteiger partial charge is 0.127 e. The lowest BCUT2D eigenvalue weighted by atomic mass is 9.91. The Morgan fingerprint density at radius 2 is 2.05 bits per heavy atom. The Morgan fingerprint density at radius 3 is 2.68 bits per heavy atom. The van der Waals surface area contributed by atoms with E-state index in [1.54, 1.807) is 6.07 Å². The molecule has 0 unspecified atom stereocenters. The number of benzene rings is 1. The van der Waals surface area contributed by atoms with Crippen LogP contribution in [0.5, 0.6) is 0 Å². The third-order valence-electron chi connectivity index (χ3n) is 3.96. The number of halogens is 1. The fourth-order valence-corrected chi connectivity index (χ4v) is 2.71. The molecule has 2 N–H and O–H groups in total. The standard InChI is InChI=1S/C15H20FN3/c1-19(14-5-3-13(18)4-6-14)10-12-8-11(9-17)2-7-15(12)16/h2,7-8,13-14H,3-6,10,18H2,1H3. The summed E-state index contributed by atoms with van der Waals surface area (Å²) in [5.41, 5.74) is 7.00. The van der Waals surface area contributed by atoms with Crippen molar-refractivity contribution in [3.8, 4) is 6.07 Å². The largest absolute Gasteiger partial charge is 0.328 e. The zero-order valence-electron chi connectivity index (χ0n) is 11.3. The zero-order chi connectivity index (χ0) is 13.8. The summed E-state index contributed by atoms with van der Waals surface area (Å²) >= 11 is 0. The Kier molecular flexibility index (Phi) is 4.52. The summed E-state index contributed by atoms with van der Waals surface area (Å²) in [6, 6.07) is 7.36. The lowest BCUT2D eigenvalue weighted by Crippen LogP contribution is -2.38. The van der Waals surface area contributed by atoms with Crippen LogP contribution in [0, 0.1) is 17.1 Å². The molecule has 4 heteroatoms. The van der Waals surface area contributed by atoms with Crippen LogP contribution in [-0.2, 0) is 6.54 Å². The van der Waals surface area contributed by atoms with Gasteiger partial charge >= 0.3 is 0 Å². The molecule has 0 bridgehead atoms. The normalized spacial score (nSPS) is 23.3. The summed E-state index contributed by atoms with van der Waals surface area (Å²) in [5, 5.41) is 8.86. The molecular weight excluding hydrogens is 241 g/mol. The summed E-state index contributed by atoms with van der Waals surface area (Å²) in [6.07, 6.45) is 4.21. The molecule has 0 saturated heterocycles. The zero-order valence-corrected chi connectivity index (χ0v) is 11.3. The van der Waals surface area contributed by atoms with E-state index in [1.165, 1.54) is 12.1 Å². The van der Waals surface area contributed by atoms with E-state index >= 15 is 0 Å². The Bertz CT molecular complexity index is 473. The first-order valence-electron chi connectivity index (χ1n) is 6.74. The van der Waals surface area contributed by atoms with Gasteiger partial charge in [-0.2, -0.15) is 5.26 Å². The molecule has 0 spiro atoms. The van der Waals surface area contributed by atoms with E-state index in [1.807, 2.05) is 7.05 Å². The molecule has 2 rings (SSSR count). The molecule has 1 fully saturated rings. The average Bonchev–Trinajstić information content (AvgIpc) is 2.42. The van der Waals surface area contributed by atoms with Gasteiger partial charge in [0.25, 0.3) is 0 Å². The van der Waals surface area contributed by atoms with Crippen molar-refractivity contribution in [2.45, 2.75) is 44.3 Å². The third kappa shape index (κ3) is 3.52. The number of rotatable bonds is 3. The van der Waals surface area contributed by atoms with Crippen LogP contribution in [0.1, 0.15) is 36.8 Å². The molecule has 0 aromatic heterocycles. The van der Waals surface area contributed by atoms with Crippen molar-refractivity contribution >= 4 is 0 Å². The predicted octanol–water partition coefficient (Wildman–Crippen LogP) is 2.40. The summed E-state index contributed by atoms with van der Waals surface area (Å²) in [4.78, 5) is 2.17. The van der Waals surface area contributed by atoms with Crippen molar-refractivity contribution in [1.82, 2.24) is 4.90 Å². The van der Waals surface area contributed by atoms with E-state index in [0.29, 0.717) is 29.8 Å². The molecule has 0 heterocycles. The third-order valence-corrected chi connectivity index (χ3v) is 3.96. The van der Waals surface area contributed by atoms with Crippen LogP contribution < -0.4 is 5.73 Å². The van der Waals surface area contributed by atoms with Gasteiger partial charge in [-0.05, 0) is 50.9 Å². The molecule has 0 aliphatic heterocycles. The monoisotopic (exact) mass is 261 g/mol. The van der Waals surface area contributed by atoms with Crippen LogP contribution in [-0.4, -0.2) is 24.0 Å². The van der Waals surface area contributed by atoms with Gasteiger partial charge in [-0.1, -0.05) is 0 Å². The molecule has 0 atom stereocenters. The van der Waals surface area contributed by atoms with Crippen molar-refractivity contribution < 1.29 is 4.39 Å². The van der Waals surface area contributed by atoms with Gasteiger partial charge in [-0.25, -0.2) is 4.39 Å². The molecular formula is C15H20FN3. The number of nitriles is 1. The number of nitrogens with zero attached hydrogens (tertiary/aromatic N) is 2. The fraction of sp³-hybridized carbons (Fsp3) is 0.533. The molecule has 19 heavy (non-hydrogen) atoms. The Labute approximate surface area is 113 Å². The first-order valence-corrected chi connectivity index (χ1v) is 6.74. The highest BCUT2D eigenvalue weighted by Crippen LogP contribution is 2.23. The maximum absolute atomic E-state index is 13.7. The summed E-state index contributed by atoms with van der Waals surface area (Å²) in [7, 11) is 2.01. The van der Waals surface area contributed by atoms with Crippen molar-refractivity contribution in [3.05, 3.63) is 35.1 Å². The Hall–Kier alpha value is -1.44. The second-order valence-electron chi connectivity index (χ2n) is 5.40. The lowest BCUT2D eigenvalue weighted by molar-refractivity contribution is 0.174. The van der Waals surface area contributed by atoms with Crippen LogP contribution in [0.15, 0.2) is 18.2 Å². The Balaban J connectivity index is 2.02. The maximum Gasteiger partial charge on any atom is 0.127 e. The highest BCUT2D eigenvalue weighted by atomic mass is 19.1. The summed E-state index contributed by atoms with van der Waals surface area (Å²) in [6.45, 7) is 0.543. The molecule has 1 aromatic carbocycles. The van der Waals surface area contributed by atoms with Crippen LogP contribution >= 0.6 is 0 Å². The summed E-state index contributed by atoms with van der Waals surface area (Å²) < 4.78 is 13.7. The fourth-order valence-electron chi connectivity index (χ4n) is 2.71. The van der Waals surface area contributed by atoms with Gasteiger partial charge in [0.05, 0.1) is 11.6 Å². The minimum absolute atomic E-state index is 0.238. The number of hydrogen-bond acceptors (Lipinski definition) is 3. The van der Waals surface area contributed by atoms with Gasteiger partial charge in [-0.15, -0.1) is 0 Å². The minimum atomic E-state index is -0.238. The van der Waals surface area contributed by atoms with E-state index in [2.05, 4.69) is 11.0 Å². The molecule has 1 aliphatic rings. The van der Waals surface area contributed by atoms with Crippen molar-refractivity contribution in [1.29, 1.82) is 5.26 Å². The minimum Gasteiger partial charge on any atom is -0.328 e. The van der Waals surface area contributed by atoms with Crippen molar-refractivity contribution in [3.63, 3.8) is 0 Å². The highest BCUT2D eigenvalue weighted by molar-refractivity contribution is 5.33. The molecule has 0 amide bonds. The van der Waals surface area contributed by atoms with E-state index in [-0.39, 0.29) is 5.82 Å². The second kappa shape index (κ2) is 6.14. The maximum atomic E-state index is 13.7. The quantitative estimate of drug-likeness (QED) is 0.909. The molecule has 1 aromatic rings. The van der Waals surface area contributed by atoms with Crippen molar-refractivity contribution in [2.75, 3.05) is 7.05 Å². The number of nitrogens with two attached hydrogens (primary N) is 1. The van der Waals surface area contributed by atoms with Gasteiger partial charge < -0.3 is 5.73 Å². The second-order valence-corrected chi connectivity index (χ2v) is 5.40. The van der Waals surface area contributed by atoms with E-state index in [0.717, 1.165) is 25.7 Å². The van der Waals surface area contributed by atoms with E-state index in [4.69, 9.17) is 11.0 Å². The van der Waals surface area contributed by atoms with Crippen LogP contribution in [0.3, 0.4) is 0 Å². The van der Waals surface area contributed by atoms with Gasteiger partial charge in [0.15, 0.2) is 0 Å². The predicted molar refractivity (Wildman–Crippen MR) is 72.8 cm³/mol. The van der Waals surface area contributed by atoms with Gasteiger partial charge in [0.1, 0.15) is 5.82 Å². The van der Waals surface area contributed by atoms with Crippen LogP contribution in [0.25, 0.3) is 0 Å². The van der Waals surface area contributed by atoms with E-state index < -0.39 is 0 Å². The lowest BCUT2D eigenvalue weighted by Gasteiger charge is -2.33. The molecule has 1 aliphatic carbocycles. The molecule has 1 saturated carbocycles. The van der Waals surface area contributed by atoms with Gasteiger partial charge in [0.2, 0.25) is 0 Å². The van der Waals surface area contributed by atoms with Gasteiger partial charge in [0, 0.05) is 24.2 Å². The topological polar surface area (TPSA) is 53.0 Å². The van der Waals surface area contributed by atoms with Crippen LogP contribution in [0.4, 0.5) is 4.39 Å².